The number of nitrogens with zero attached hydrogens (tertiary/aromatic N) is 2. The summed E-state index contributed by atoms with van der Waals surface area (Å²) < 4.78 is 55.0. The molecule has 0 saturated carbocycles. The Labute approximate surface area is 184 Å². The third-order valence-corrected chi connectivity index (χ3v) is 7.92. The number of carbonyl (C=O) groups is 1. The minimum atomic E-state index is -3.34. The van der Waals surface area contributed by atoms with Gasteiger partial charge in [-0.1, -0.05) is 6.92 Å². The lowest BCUT2D eigenvalue weighted by molar-refractivity contribution is -0.120. The van der Waals surface area contributed by atoms with Gasteiger partial charge in [0.15, 0.2) is 5.13 Å². The monoisotopic (exact) mass is 473 g/mol. The maximum absolute atomic E-state index is 12.7. The van der Waals surface area contributed by atoms with Crippen molar-refractivity contribution in [1.29, 1.82) is 0 Å². The van der Waals surface area contributed by atoms with Crippen molar-refractivity contribution < 1.29 is 26.7 Å². The Morgan fingerprint density at radius 1 is 1.35 bits per heavy atom. The van der Waals surface area contributed by atoms with Crippen LogP contribution in [0.5, 0.6) is 5.75 Å². The van der Waals surface area contributed by atoms with Crippen molar-refractivity contribution in [1.82, 2.24) is 9.29 Å². The van der Waals surface area contributed by atoms with Crippen LogP contribution >= 0.6 is 11.3 Å². The van der Waals surface area contributed by atoms with Crippen molar-refractivity contribution in [3.8, 4) is 17.0 Å². The number of ether oxygens (including phenoxy) is 1. The molecule has 1 amide bonds. The van der Waals surface area contributed by atoms with Crippen molar-refractivity contribution in [3.05, 3.63) is 29.1 Å². The first kappa shape index (κ1) is 23.6. The van der Waals surface area contributed by atoms with Gasteiger partial charge in [0.2, 0.25) is 15.9 Å². The summed E-state index contributed by atoms with van der Waals surface area (Å²) in [5, 5.41) is 3.22. The van der Waals surface area contributed by atoms with Crippen LogP contribution in [0.25, 0.3) is 11.3 Å². The Hall–Kier alpha value is -2.11. The number of amides is 1. The molecule has 0 bridgehead atoms. The zero-order chi connectivity index (χ0) is 22.6. The van der Waals surface area contributed by atoms with Gasteiger partial charge in [0.1, 0.15) is 5.75 Å². The highest BCUT2D eigenvalue weighted by Gasteiger charge is 2.32. The molecule has 11 heteroatoms. The van der Waals surface area contributed by atoms with Gasteiger partial charge in [0, 0.05) is 23.5 Å². The third-order valence-electron chi connectivity index (χ3n) is 4.99. The molecular weight excluding hydrogens is 448 g/mol. The van der Waals surface area contributed by atoms with E-state index in [0.717, 1.165) is 4.88 Å². The minimum absolute atomic E-state index is 0.0556. The molecule has 31 heavy (non-hydrogen) atoms. The molecule has 170 valence electrons. The summed E-state index contributed by atoms with van der Waals surface area (Å²) in [5.41, 5.74) is 1.35. The van der Waals surface area contributed by atoms with Gasteiger partial charge >= 0.3 is 6.61 Å². The molecule has 1 fully saturated rings. The van der Waals surface area contributed by atoms with E-state index < -0.39 is 22.6 Å². The summed E-state index contributed by atoms with van der Waals surface area (Å²) in [4.78, 5) is 18.1. The fourth-order valence-electron chi connectivity index (χ4n) is 3.52. The van der Waals surface area contributed by atoms with Gasteiger partial charge in [-0.2, -0.15) is 8.78 Å². The summed E-state index contributed by atoms with van der Waals surface area (Å²) in [7, 11) is -3.34. The van der Waals surface area contributed by atoms with Crippen LogP contribution in [0.3, 0.4) is 0 Å². The number of alkyl halides is 2. The zero-order valence-corrected chi connectivity index (χ0v) is 18.9. The Kier molecular flexibility index (Phi) is 7.60. The van der Waals surface area contributed by atoms with E-state index in [4.69, 9.17) is 0 Å². The van der Waals surface area contributed by atoms with Crippen molar-refractivity contribution in [2.75, 3.05) is 24.2 Å². The molecular formula is C20H25F2N3O4S2. The fourth-order valence-corrected chi connectivity index (χ4v) is 5.94. The number of hydrogen-bond donors (Lipinski definition) is 1. The highest BCUT2D eigenvalue weighted by Crippen LogP contribution is 2.32. The first-order valence-corrected chi connectivity index (χ1v) is 12.4. The summed E-state index contributed by atoms with van der Waals surface area (Å²) in [6.45, 7) is 1.40. The van der Waals surface area contributed by atoms with Gasteiger partial charge in [-0.3, -0.25) is 4.79 Å². The standard InChI is InChI=1S/C20H25F2N3O4S2/c1-3-11-31(27,28)25-10-4-5-15(12-25)18(26)24-20-23-17(13(2)30-20)14-6-8-16(9-7-14)29-19(21)22/h6-9,15,19H,3-5,10-12H2,1-2H3,(H,23,24,26). The predicted octanol–water partition coefficient (Wildman–Crippen LogP) is 4.11. The maximum atomic E-state index is 12.7. The van der Waals surface area contributed by atoms with Crippen LogP contribution in [-0.2, 0) is 14.8 Å². The quantitative estimate of drug-likeness (QED) is 0.623. The SMILES string of the molecule is CCCS(=O)(=O)N1CCCC(C(=O)Nc2nc(-c3ccc(OC(F)F)cc3)c(C)s2)C1. The molecule has 1 aromatic heterocycles. The summed E-state index contributed by atoms with van der Waals surface area (Å²) in [5.74, 6) is -0.548. The number of aromatic nitrogens is 1. The molecule has 1 N–H and O–H groups in total. The van der Waals surface area contributed by atoms with E-state index in [2.05, 4.69) is 15.0 Å². The molecule has 0 radical (unpaired) electrons. The van der Waals surface area contributed by atoms with Crippen LogP contribution in [0.15, 0.2) is 24.3 Å². The summed E-state index contributed by atoms with van der Waals surface area (Å²) in [6, 6.07) is 6.13. The fraction of sp³-hybridized carbons (Fsp3) is 0.500. The second-order valence-corrected chi connectivity index (χ2v) is 10.6. The van der Waals surface area contributed by atoms with E-state index in [1.807, 2.05) is 13.8 Å². The molecule has 7 nitrogen and oxygen atoms in total. The van der Waals surface area contributed by atoms with E-state index in [-0.39, 0.29) is 24.0 Å². The number of benzene rings is 1. The van der Waals surface area contributed by atoms with Gasteiger partial charge in [0.05, 0.1) is 17.4 Å². The number of aryl methyl sites for hydroxylation is 1. The molecule has 2 aromatic rings. The molecule has 1 aliphatic heterocycles. The van der Waals surface area contributed by atoms with Crippen molar-refractivity contribution in [2.24, 2.45) is 5.92 Å². The second kappa shape index (κ2) is 10.0. The first-order chi connectivity index (χ1) is 14.7. The normalized spacial score (nSPS) is 17.6. The zero-order valence-electron chi connectivity index (χ0n) is 17.3. The van der Waals surface area contributed by atoms with E-state index in [0.29, 0.717) is 42.2 Å². The van der Waals surface area contributed by atoms with Gasteiger partial charge < -0.3 is 10.1 Å². The number of rotatable bonds is 8. The molecule has 0 spiro atoms. The lowest BCUT2D eigenvalue weighted by Crippen LogP contribution is -2.44. The van der Waals surface area contributed by atoms with Gasteiger partial charge in [-0.25, -0.2) is 17.7 Å². The lowest BCUT2D eigenvalue weighted by Gasteiger charge is -2.30. The van der Waals surface area contributed by atoms with E-state index in [1.54, 1.807) is 12.1 Å². The molecule has 1 aromatic carbocycles. The average Bonchev–Trinajstić information content (AvgIpc) is 3.08. The number of carbonyl (C=O) groups excluding carboxylic acids is 1. The van der Waals surface area contributed by atoms with Crippen LogP contribution < -0.4 is 10.1 Å². The summed E-state index contributed by atoms with van der Waals surface area (Å²) >= 11 is 1.30. The minimum Gasteiger partial charge on any atom is -0.435 e. The number of sulfonamides is 1. The first-order valence-electron chi connectivity index (χ1n) is 10.0. The molecule has 0 aliphatic carbocycles. The van der Waals surface area contributed by atoms with Gasteiger partial charge in [-0.05, 0) is 50.5 Å². The molecule has 1 saturated heterocycles. The van der Waals surface area contributed by atoms with Crippen LogP contribution in [0.2, 0.25) is 0 Å². The number of nitrogens with one attached hydrogen (secondary N) is 1. The van der Waals surface area contributed by atoms with Gasteiger partial charge in [0.25, 0.3) is 0 Å². The van der Waals surface area contributed by atoms with Crippen LogP contribution in [0.1, 0.15) is 31.1 Å². The Balaban J connectivity index is 1.67. The number of anilines is 1. The van der Waals surface area contributed by atoms with Crippen molar-refractivity contribution >= 4 is 32.4 Å². The molecule has 3 rings (SSSR count). The number of halogens is 2. The highest BCUT2D eigenvalue weighted by atomic mass is 32.2. The topological polar surface area (TPSA) is 88.6 Å². The second-order valence-electron chi connectivity index (χ2n) is 7.33. The third kappa shape index (κ3) is 5.98. The number of thiazole rings is 1. The van der Waals surface area contributed by atoms with Gasteiger partial charge in [-0.15, -0.1) is 11.3 Å². The van der Waals surface area contributed by atoms with E-state index in [9.17, 15) is 22.0 Å². The molecule has 1 aliphatic rings. The lowest BCUT2D eigenvalue weighted by atomic mass is 9.99. The van der Waals surface area contributed by atoms with Crippen LogP contribution in [0, 0.1) is 12.8 Å². The Morgan fingerprint density at radius 2 is 2.06 bits per heavy atom. The largest absolute Gasteiger partial charge is 0.435 e. The Morgan fingerprint density at radius 3 is 2.71 bits per heavy atom. The van der Waals surface area contributed by atoms with Crippen LogP contribution in [-0.4, -0.2) is 49.1 Å². The smallest absolute Gasteiger partial charge is 0.387 e. The average molecular weight is 474 g/mol. The number of piperidine rings is 1. The van der Waals surface area contributed by atoms with Crippen molar-refractivity contribution in [3.63, 3.8) is 0 Å². The maximum Gasteiger partial charge on any atom is 0.387 e. The van der Waals surface area contributed by atoms with Crippen LogP contribution in [0.4, 0.5) is 13.9 Å². The summed E-state index contributed by atoms with van der Waals surface area (Å²) in [6.07, 6.45) is 1.79. The van der Waals surface area contributed by atoms with Crippen molar-refractivity contribution in [2.45, 2.75) is 39.7 Å². The molecule has 1 atom stereocenters. The number of hydrogen-bond acceptors (Lipinski definition) is 6. The predicted molar refractivity (Wildman–Crippen MR) is 116 cm³/mol. The highest BCUT2D eigenvalue weighted by molar-refractivity contribution is 7.89. The van der Waals surface area contributed by atoms with E-state index in [1.165, 1.54) is 27.8 Å². The molecule has 1 unspecified atom stereocenters. The Bertz CT molecular complexity index is 1010. The molecule has 2 heterocycles. The van der Waals surface area contributed by atoms with E-state index >= 15 is 0 Å².